The summed E-state index contributed by atoms with van der Waals surface area (Å²) in [6.45, 7) is 14.8. The summed E-state index contributed by atoms with van der Waals surface area (Å²) in [6.07, 6.45) is 1.84. The minimum Gasteiger partial charge on any atom is -0.307 e. The summed E-state index contributed by atoms with van der Waals surface area (Å²) >= 11 is 1.68. The Labute approximate surface area is 132 Å². The summed E-state index contributed by atoms with van der Waals surface area (Å²) in [5, 5.41) is 1.21. The lowest BCUT2D eigenvalue weighted by atomic mass is 10.3. The molecule has 3 heterocycles. The summed E-state index contributed by atoms with van der Waals surface area (Å²) in [5.74, 6) is 0.833. The van der Waals surface area contributed by atoms with Gasteiger partial charge in [0.15, 0.2) is 5.65 Å². The van der Waals surface area contributed by atoms with Crippen LogP contribution in [0.1, 0.15) is 54.5 Å². The van der Waals surface area contributed by atoms with Crippen LogP contribution in [0, 0.1) is 5.92 Å². The van der Waals surface area contributed by atoms with Crippen molar-refractivity contribution in [1.82, 2.24) is 14.5 Å². The van der Waals surface area contributed by atoms with Crippen molar-refractivity contribution in [3.05, 3.63) is 23.8 Å². The molecule has 0 aromatic carbocycles. The van der Waals surface area contributed by atoms with Gasteiger partial charge >= 0.3 is 0 Å². The molecule has 0 spiro atoms. The maximum absolute atomic E-state index is 4.44. The third kappa shape index (κ3) is 4.03. The summed E-state index contributed by atoms with van der Waals surface area (Å²) in [6, 6.07) is 4.48. The molecule has 0 saturated heterocycles. The van der Waals surface area contributed by atoms with Crippen molar-refractivity contribution in [2.45, 2.75) is 54.5 Å². The van der Waals surface area contributed by atoms with Crippen LogP contribution in [0.4, 0.5) is 0 Å². The van der Waals surface area contributed by atoms with Crippen molar-refractivity contribution in [1.29, 1.82) is 0 Å². The molecule has 21 heavy (non-hydrogen) atoms. The summed E-state index contributed by atoms with van der Waals surface area (Å²) in [7, 11) is 0. The van der Waals surface area contributed by atoms with Gasteiger partial charge in [-0.25, -0.2) is 9.97 Å². The highest BCUT2D eigenvalue weighted by atomic mass is 32.1. The first-order valence-corrected chi connectivity index (χ1v) is 8.58. The second kappa shape index (κ2) is 8.13. The number of pyridine rings is 1. The quantitative estimate of drug-likeness (QED) is 0.559. The fourth-order valence-electron chi connectivity index (χ4n) is 1.95. The Morgan fingerprint density at radius 3 is 2.19 bits per heavy atom. The largest absolute Gasteiger partial charge is 0.307 e. The van der Waals surface area contributed by atoms with Crippen molar-refractivity contribution in [3.8, 4) is 0 Å². The Hall–Kier alpha value is -1.42. The van der Waals surface area contributed by atoms with E-state index in [4.69, 9.17) is 0 Å². The summed E-state index contributed by atoms with van der Waals surface area (Å²) in [5.41, 5.74) is 4.00. The molecule has 0 atom stereocenters. The van der Waals surface area contributed by atoms with Crippen LogP contribution >= 0.6 is 11.3 Å². The molecule has 0 fully saturated rings. The summed E-state index contributed by atoms with van der Waals surface area (Å²) < 4.78 is 3.44. The lowest BCUT2D eigenvalue weighted by molar-refractivity contribution is 0.633. The van der Waals surface area contributed by atoms with Gasteiger partial charge in [-0.05, 0) is 31.9 Å². The number of fused-ring (bicyclic) bond motifs is 3. The van der Waals surface area contributed by atoms with Crippen molar-refractivity contribution >= 4 is 32.7 Å². The highest BCUT2D eigenvalue weighted by molar-refractivity contribution is 7.17. The first kappa shape index (κ1) is 17.6. The van der Waals surface area contributed by atoms with Crippen LogP contribution < -0.4 is 0 Å². The molecule has 0 aliphatic carbocycles. The second-order valence-corrected chi connectivity index (χ2v) is 6.43. The first-order chi connectivity index (χ1) is 10.0. The molecular formula is C17H27N3S. The molecule has 0 bridgehead atoms. The van der Waals surface area contributed by atoms with E-state index in [1.54, 1.807) is 11.3 Å². The van der Waals surface area contributed by atoms with Gasteiger partial charge in [0.2, 0.25) is 0 Å². The molecule has 3 aromatic heterocycles. The lowest BCUT2D eigenvalue weighted by Crippen LogP contribution is -2.01. The van der Waals surface area contributed by atoms with Gasteiger partial charge < -0.3 is 4.57 Å². The average molecular weight is 305 g/mol. The zero-order valence-electron chi connectivity index (χ0n) is 14.2. The van der Waals surface area contributed by atoms with Crippen LogP contribution in [0.25, 0.3) is 21.4 Å². The van der Waals surface area contributed by atoms with Crippen LogP contribution in [-0.2, 0) is 0 Å². The molecule has 3 nitrogen and oxygen atoms in total. The fourth-order valence-corrected chi connectivity index (χ4v) is 2.75. The van der Waals surface area contributed by atoms with E-state index in [9.17, 15) is 0 Å². The van der Waals surface area contributed by atoms with Crippen LogP contribution in [0.15, 0.2) is 23.8 Å². The fraction of sp³-hybridized carbons (Fsp3) is 0.529. The highest BCUT2D eigenvalue weighted by Gasteiger charge is 2.15. The Morgan fingerprint density at radius 1 is 1.00 bits per heavy atom. The van der Waals surface area contributed by atoms with Gasteiger partial charge in [-0.1, -0.05) is 34.6 Å². The smallest absolute Gasteiger partial charge is 0.153 e. The highest BCUT2D eigenvalue weighted by Crippen LogP contribution is 2.31. The van der Waals surface area contributed by atoms with E-state index in [0.29, 0.717) is 6.04 Å². The maximum Gasteiger partial charge on any atom is 0.153 e. The molecule has 0 saturated carbocycles. The predicted molar refractivity (Wildman–Crippen MR) is 95.2 cm³/mol. The standard InChI is InChI=1S/C11H11N3S.C4H10.C2H6/c1-7(2)14-10-8(4-3-5-12-10)9-11(14)13-6-15-9;1-4(2)3;1-2/h3-7H,1-2H3;4H,1-3H3;1-2H3. The SMILES string of the molecule is CC.CC(C)C.CC(C)n1c2ncccc2c2scnc21. The Balaban J connectivity index is 0.000000322. The van der Waals surface area contributed by atoms with Crippen LogP contribution in [0.2, 0.25) is 0 Å². The van der Waals surface area contributed by atoms with Crippen molar-refractivity contribution in [3.63, 3.8) is 0 Å². The zero-order valence-corrected chi connectivity index (χ0v) is 15.0. The van der Waals surface area contributed by atoms with Crippen molar-refractivity contribution < 1.29 is 0 Å². The Bertz CT molecular complexity index is 662. The van der Waals surface area contributed by atoms with E-state index in [-0.39, 0.29) is 0 Å². The Kier molecular flexibility index (Phi) is 6.82. The molecule has 0 aliphatic rings. The average Bonchev–Trinajstić information content (AvgIpc) is 2.99. The molecule has 4 heteroatoms. The van der Waals surface area contributed by atoms with E-state index in [1.165, 1.54) is 10.1 Å². The minimum atomic E-state index is 0.391. The number of aromatic nitrogens is 3. The van der Waals surface area contributed by atoms with Crippen LogP contribution in [0.5, 0.6) is 0 Å². The molecular weight excluding hydrogens is 278 g/mol. The molecule has 116 valence electrons. The summed E-state index contributed by atoms with van der Waals surface area (Å²) in [4.78, 5) is 8.86. The number of nitrogens with zero attached hydrogens (tertiary/aromatic N) is 3. The molecule has 0 N–H and O–H groups in total. The monoisotopic (exact) mass is 305 g/mol. The topological polar surface area (TPSA) is 30.7 Å². The molecule has 0 radical (unpaired) electrons. The van der Waals surface area contributed by atoms with Gasteiger partial charge in [0.05, 0.1) is 10.2 Å². The van der Waals surface area contributed by atoms with Gasteiger partial charge in [-0.2, -0.15) is 0 Å². The molecule has 0 unspecified atom stereocenters. The lowest BCUT2D eigenvalue weighted by Gasteiger charge is -2.08. The third-order valence-electron chi connectivity index (χ3n) is 2.55. The number of hydrogen-bond donors (Lipinski definition) is 0. The number of rotatable bonds is 1. The van der Waals surface area contributed by atoms with Gasteiger partial charge in [0.25, 0.3) is 0 Å². The van der Waals surface area contributed by atoms with E-state index in [1.807, 2.05) is 31.6 Å². The van der Waals surface area contributed by atoms with Gasteiger partial charge in [-0.3, -0.25) is 0 Å². The third-order valence-corrected chi connectivity index (χ3v) is 3.40. The molecule has 0 amide bonds. The Morgan fingerprint density at radius 2 is 1.62 bits per heavy atom. The second-order valence-electron chi connectivity index (χ2n) is 5.58. The van der Waals surface area contributed by atoms with Crippen LogP contribution in [-0.4, -0.2) is 14.5 Å². The van der Waals surface area contributed by atoms with Crippen molar-refractivity contribution in [2.75, 3.05) is 0 Å². The predicted octanol–water partition coefficient (Wildman–Crippen LogP) is 5.92. The minimum absolute atomic E-state index is 0.391. The normalized spacial score (nSPS) is 10.5. The van der Waals surface area contributed by atoms with E-state index < -0.39 is 0 Å². The zero-order chi connectivity index (χ0) is 16.0. The van der Waals surface area contributed by atoms with E-state index in [0.717, 1.165) is 17.2 Å². The van der Waals surface area contributed by atoms with Gasteiger partial charge in [-0.15, -0.1) is 11.3 Å². The van der Waals surface area contributed by atoms with Crippen LogP contribution in [0.3, 0.4) is 0 Å². The van der Waals surface area contributed by atoms with E-state index >= 15 is 0 Å². The molecule has 3 aromatic rings. The number of thiazole rings is 1. The first-order valence-electron chi connectivity index (χ1n) is 7.70. The van der Waals surface area contributed by atoms with Gasteiger partial charge in [0.1, 0.15) is 5.65 Å². The van der Waals surface area contributed by atoms with Gasteiger partial charge in [0, 0.05) is 17.6 Å². The number of hydrogen-bond acceptors (Lipinski definition) is 3. The maximum atomic E-state index is 4.44. The molecule has 3 rings (SSSR count). The van der Waals surface area contributed by atoms with Crippen molar-refractivity contribution in [2.24, 2.45) is 5.92 Å². The van der Waals surface area contributed by atoms with E-state index in [2.05, 4.69) is 55.2 Å². The molecule has 0 aliphatic heterocycles.